The lowest BCUT2D eigenvalue weighted by molar-refractivity contribution is 0.00578. The van der Waals surface area contributed by atoms with Crippen LogP contribution in [0.15, 0.2) is 18.2 Å². The van der Waals surface area contributed by atoms with E-state index in [0.717, 1.165) is 11.2 Å². The van der Waals surface area contributed by atoms with Crippen molar-refractivity contribution in [3.05, 3.63) is 23.8 Å². The van der Waals surface area contributed by atoms with Crippen LogP contribution < -0.4 is 10.2 Å². The van der Waals surface area contributed by atoms with Crippen molar-refractivity contribution in [3.63, 3.8) is 0 Å². The van der Waals surface area contributed by atoms with Gasteiger partial charge in [-0.25, -0.2) is 0 Å². The van der Waals surface area contributed by atoms with Crippen molar-refractivity contribution < 1.29 is 14.0 Å². The van der Waals surface area contributed by atoms with Crippen molar-refractivity contribution in [3.8, 4) is 5.75 Å². The van der Waals surface area contributed by atoms with Gasteiger partial charge in [-0.15, -0.1) is 0 Å². The third kappa shape index (κ3) is 2.86. The van der Waals surface area contributed by atoms with Gasteiger partial charge in [-0.3, -0.25) is 0 Å². The second kappa shape index (κ2) is 5.08. The minimum Gasteiger partial charge on any atom is -0.491 e. The summed E-state index contributed by atoms with van der Waals surface area (Å²) in [5.41, 5.74) is 1.46. The Balaban J connectivity index is 2.34. The van der Waals surface area contributed by atoms with Gasteiger partial charge in [-0.05, 0) is 60.1 Å². The van der Waals surface area contributed by atoms with E-state index in [4.69, 9.17) is 14.0 Å². The van der Waals surface area contributed by atoms with Crippen LogP contribution in [0.3, 0.4) is 0 Å². The number of aryl methyl sites for hydroxylation is 1. The molecule has 0 radical (unpaired) electrons. The highest BCUT2D eigenvalue weighted by molar-refractivity contribution is 6.63. The summed E-state index contributed by atoms with van der Waals surface area (Å²) in [4.78, 5) is 0. The van der Waals surface area contributed by atoms with Crippen LogP contribution in [0.2, 0.25) is 0 Å². The van der Waals surface area contributed by atoms with E-state index in [1.807, 2.05) is 26.0 Å². The molecule has 0 N–H and O–H groups in total. The lowest BCUT2D eigenvalue weighted by Crippen LogP contribution is -2.41. The molecule has 0 bridgehead atoms. The van der Waals surface area contributed by atoms with Gasteiger partial charge in [0.2, 0.25) is 0 Å². The predicted octanol–water partition coefficient (Wildman–Crippen LogP) is 3.08. The van der Waals surface area contributed by atoms with Crippen LogP contribution in [0.1, 0.15) is 47.1 Å². The average molecular weight is 276 g/mol. The van der Waals surface area contributed by atoms with Gasteiger partial charge in [-0.2, -0.15) is 0 Å². The minimum atomic E-state index is -0.380. The van der Waals surface area contributed by atoms with Gasteiger partial charge in [0.1, 0.15) is 5.75 Å². The fraction of sp³-hybridized carbons (Fsp3) is 0.625. The zero-order valence-electron chi connectivity index (χ0n) is 13.6. The third-order valence-electron chi connectivity index (χ3n) is 4.04. The predicted molar refractivity (Wildman–Crippen MR) is 82.7 cm³/mol. The van der Waals surface area contributed by atoms with Crippen LogP contribution >= 0.6 is 0 Å². The molecule has 0 unspecified atom stereocenters. The smallest absolute Gasteiger partial charge is 0.491 e. The third-order valence-corrected chi connectivity index (χ3v) is 4.04. The van der Waals surface area contributed by atoms with Crippen molar-refractivity contribution >= 4 is 12.6 Å². The first-order valence-corrected chi connectivity index (χ1v) is 7.25. The van der Waals surface area contributed by atoms with E-state index in [9.17, 15) is 0 Å². The normalized spacial score (nSPS) is 20.5. The summed E-state index contributed by atoms with van der Waals surface area (Å²) in [7, 11) is -0.380. The van der Waals surface area contributed by atoms with Gasteiger partial charge in [0.05, 0.1) is 17.3 Å². The number of rotatable bonds is 3. The number of ether oxygens (including phenoxy) is 1. The Morgan fingerprint density at radius 3 is 2.10 bits per heavy atom. The minimum absolute atomic E-state index is 0.123. The molecule has 20 heavy (non-hydrogen) atoms. The molecule has 1 aliphatic heterocycles. The molecule has 4 heteroatoms. The first-order valence-electron chi connectivity index (χ1n) is 7.25. The van der Waals surface area contributed by atoms with Gasteiger partial charge in [0, 0.05) is 5.46 Å². The Hall–Kier alpha value is -0.995. The zero-order chi connectivity index (χ0) is 15.1. The molecule has 1 aromatic rings. The molecule has 1 aromatic carbocycles. The Bertz CT molecular complexity index is 478. The molecule has 0 aromatic heterocycles. The summed E-state index contributed by atoms with van der Waals surface area (Å²) in [6.07, 6.45) is 0.123. The van der Waals surface area contributed by atoms with E-state index in [-0.39, 0.29) is 24.4 Å². The standard InChI is InChI=1S/C16H25BO3/c1-11(2)18-14-10-12(3)8-9-13(14)17-19-15(4,5)16(6,7)20-17/h8-11H,1-7H3. The maximum atomic E-state index is 6.11. The Morgan fingerprint density at radius 1 is 1.05 bits per heavy atom. The number of benzene rings is 1. The topological polar surface area (TPSA) is 27.7 Å². The summed E-state index contributed by atoms with van der Waals surface area (Å²) in [6, 6.07) is 6.14. The van der Waals surface area contributed by atoms with Crippen molar-refractivity contribution in [2.24, 2.45) is 0 Å². The van der Waals surface area contributed by atoms with Gasteiger partial charge in [0.25, 0.3) is 0 Å². The Morgan fingerprint density at radius 2 is 1.60 bits per heavy atom. The van der Waals surface area contributed by atoms with E-state index in [0.29, 0.717) is 0 Å². The summed E-state index contributed by atoms with van der Waals surface area (Å²) in [6.45, 7) is 14.3. The summed E-state index contributed by atoms with van der Waals surface area (Å²) in [5.74, 6) is 0.846. The molecule has 0 atom stereocenters. The summed E-state index contributed by atoms with van der Waals surface area (Å²) >= 11 is 0. The monoisotopic (exact) mass is 276 g/mol. The molecule has 0 amide bonds. The summed E-state index contributed by atoms with van der Waals surface area (Å²) < 4.78 is 18.1. The molecule has 110 valence electrons. The van der Waals surface area contributed by atoms with E-state index in [1.165, 1.54) is 5.56 Å². The van der Waals surface area contributed by atoms with Crippen LogP contribution in [0.4, 0.5) is 0 Å². The highest BCUT2D eigenvalue weighted by atomic mass is 16.7. The van der Waals surface area contributed by atoms with E-state index in [1.54, 1.807) is 0 Å². The molecule has 1 heterocycles. The fourth-order valence-electron chi connectivity index (χ4n) is 2.16. The van der Waals surface area contributed by atoms with Crippen molar-refractivity contribution in [1.82, 2.24) is 0 Å². The second-order valence-electron chi connectivity index (χ2n) is 6.80. The highest BCUT2D eigenvalue weighted by Gasteiger charge is 2.52. The molecular weight excluding hydrogens is 251 g/mol. The van der Waals surface area contributed by atoms with Crippen molar-refractivity contribution in [1.29, 1.82) is 0 Å². The lowest BCUT2D eigenvalue weighted by atomic mass is 9.78. The van der Waals surface area contributed by atoms with Gasteiger partial charge in [0.15, 0.2) is 0 Å². The quantitative estimate of drug-likeness (QED) is 0.794. The van der Waals surface area contributed by atoms with Gasteiger partial charge in [-0.1, -0.05) is 12.1 Å². The molecule has 3 nitrogen and oxygen atoms in total. The maximum Gasteiger partial charge on any atom is 0.498 e. The highest BCUT2D eigenvalue weighted by Crippen LogP contribution is 2.37. The van der Waals surface area contributed by atoms with Crippen molar-refractivity contribution in [2.45, 2.75) is 65.8 Å². The largest absolute Gasteiger partial charge is 0.498 e. The average Bonchev–Trinajstić information content (AvgIpc) is 2.46. The van der Waals surface area contributed by atoms with Crippen molar-refractivity contribution in [2.75, 3.05) is 0 Å². The Kier molecular flexibility index (Phi) is 3.91. The van der Waals surface area contributed by atoms with E-state index < -0.39 is 0 Å². The second-order valence-corrected chi connectivity index (χ2v) is 6.80. The molecule has 2 rings (SSSR count). The van der Waals surface area contributed by atoms with Crippen LogP contribution in [0.25, 0.3) is 0 Å². The molecule has 1 fully saturated rings. The molecule has 1 aliphatic rings. The SMILES string of the molecule is Cc1ccc(B2OC(C)(C)C(C)(C)O2)c(OC(C)C)c1. The molecule has 0 saturated carbocycles. The first-order chi connectivity index (χ1) is 9.12. The molecule has 0 spiro atoms. The Labute approximate surface area is 122 Å². The lowest BCUT2D eigenvalue weighted by Gasteiger charge is -2.32. The molecule has 0 aliphatic carbocycles. The van der Waals surface area contributed by atoms with Crippen LogP contribution in [-0.4, -0.2) is 24.4 Å². The van der Waals surface area contributed by atoms with E-state index >= 15 is 0 Å². The summed E-state index contributed by atoms with van der Waals surface area (Å²) in [5, 5.41) is 0. The number of hydrogen-bond acceptors (Lipinski definition) is 3. The van der Waals surface area contributed by atoms with Gasteiger partial charge >= 0.3 is 7.12 Å². The van der Waals surface area contributed by atoms with Crippen LogP contribution in [0.5, 0.6) is 5.75 Å². The maximum absolute atomic E-state index is 6.11. The molecular formula is C16H25BO3. The van der Waals surface area contributed by atoms with Crippen LogP contribution in [-0.2, 0) is 9.31 Å². The zero-order valence-corrected chi connectivity index (χ0v) is 13.6. The number of hydrogen-bond donors (Lipinski definition) is 0. The van der Waals surface area contributed by atoms with Crippen LogP contribution in [0, 0.1) is 6.92 Å². The fourth-order valence-corrected chi connectivity index (χ4v) is 2.16. The molecule has 1 saturated heterocycles. The van der Waals surface area contributed by atoms with E-state index in [2.05, 4.69) is 40.7 Å². The van der Waals surface area contributed by atoms with Gasteiger partial charge < -0.3 is 14.0 Å². The first kappa shape index (κ1) is 15.4.